The molecule has 0 saturated carbocycles. The van der Waals surface area contributed by atoms with Crippen molar-refractivity contribution in [1.82, 2.24) is 14.5 Å². The van der Waals surface area contributed by atoms with E-state index in [0.29, 0.717) is 0 Å². The topological polar surface area (TPSA) is 30.7 Å². The van der Waals surface area contributed by atoms with E-state index in [1.54, 1.807) is 0 Å². The number of nitrogens with zero attached hydrogens (tertiary/aromatic N) is 3. The van der Waals surface area contributed by atoms with Crippen LogP contribution in [0.5, 0.6) is 0 Å². The number of rotatable bonds is 2. The summed E-state index contributed by atoms with van der Waals surface area (Å²) >= 11 is 0. The summed E-state index contributed by atoms with van der Waals surface area (Å²) in [7, 11) is 0. The molecule has 0 bridgehead atoms. The Labute approximate surface area is 174 Å². The average Bonchev–Trinajstić information content (AvgIpc) is 3.13. The first kappa shape index (κ1) is 16.9. The molecule has 0 saturated heterocycles. The van der Waals surface area contributed by atoms with Gasteiger partial charge in [-0.3, -0.25) is 0 Å². The van der Waals surface area contributed by atoms with E-state index in [9.17, 15) is 0 Å². The van der Waals surface area contributed by atoms with Crippen molar-refractivity contribution < 1.29 is 0 Å². The van der Waals surface area contributed by atoms with Crippen LogP contribution in [0.4, 0.5) is 0 Å². The minimum atomic E-state index is 0.921. The average molecular weight is 385 g/mol. The zero-order valence-corrected chi connectivity index (χ0v) is 16.6. The number of hydrogen-bond donors (Lipinski definition) is 0. The summed E-state index contributed by atoms with van der Waals surface area (Å²) in [6.07, 6.45) is 0. The molecular formula is C27H19N3. The molecule has 0 aliphatic carbocycles. The fourth-order valence-corrected chi connectivity index (χ4v) is 4.34. The molecule has 0 spiro atoms. The lowest BCUT2D eigenvalue weighted by atomic mass is 10.1. The Kier molecular flexibility index (Phi) is 3.68. The Balaban J connectivity index is 1.65. The molecule has 0 N–H and O–H groups in total. The van der Waals surface area contributed by atoms with E-state index in [0.717, 1.165) is 33.7 Å². The van der Waals surface area contributed by atoms with E-state index in [1.165, 1.54) is 21.8 Å². The Morgan fingerprint density at radius 1 is 0.600 bits per heavy atom. The third kappa shape index (κ3) is 2.52. The standard InChI is InChI=1S/C27H19N3/c1-18-27(29-24-13-7-6-12-23(24)28-18)19-15-16-26-22(17-19)21-11-5-8-14-25(21)30(26)20-9-3-2-4-10-20/h2-17H,1H3. The molecule has 2 heterocycles. The van der Waals surface area contributed by atoms with Crippen molar-refractivity contribution in [2.75, 3.05) is 0 Å². The highest BCUT2D eigenvalue weighted by Crippen LogP contribution is 2.35. The van der Waals surface area contributed by atoms with Crippen LogP contribution in [0, 0.1) is 6.92 Å². The SMILES string of the molecule is Cc1nc2ccccc2nc1-c1ccc2c(c1)c1ccccc1n2-c1ccccc1. The molecule has 30 heavy (non-hydrogen) atoms. The Morgan fingerprint density at radius 3 is 2.10 bits per heavy atom. The lowest BCUT2D eigenvalue weighted by Gasteiger charge is -2.09. The van der Waals surface area contributed by atoms with Crippen LogP contribution in [0.1, 0.15) is 5.69 Å². The normalized spacial score (nSPS) is 11.5. The Bertz CT molecular complexity index is 1550. The summed E-state index contributed by atoms with van der Waals surface area (Å²) in [5, 5.41) is 2.46. The summed E-state index contributed by atoms with van der Waals surface area (Å²) in [6, 6.07) is 33.7. The predicted molar refractivity (Wildman–Crippen MR) is 124 cm³/mol. The van der Waals surface area contributed by atoms with E-state index in [-0.39, 0.29) is 0 Å². The lowest BCUT2D eigenvalue weighted by Crippen LogP contribution is -1.95. The zero-order chi connectivity index (χ0) is 20.1. The molecule has 0 atom stereocenters. The zero-order valence-electron chi connectivity index (χ0n) is 16.6. The minimum absolute atomic E-state index is 0.921. The van der Waals surface area contributed by atoms with Crippen molar-refractivity contribution in [3.05, 3.63) is 103 Å². The summed E-state index contributed by atoms with van der Waals surface area (Å²) < 4.78 is 2.33. The second-order valence-corrected chi connectivity index (χ2v) is 7.57. The van der Waals surface area contributed by atoms with E-state index >= 15 is 0 Å². The van der Waals surface area contributed by atoms with Crippen molar-refractivity contribution >= 4 is 32.8 Å². The molecule has 0 radical (unpaired) electrons. The number of hydrogen-bond acceptors (Lipinski definition) is 2. The molecule has 142 valence electrons. The van der Waals surface area contributed by atoms with Gasteiger partial charge in [0.15, 0.2) is 0 Å². The smallest absolute Gasteiger partial charge is 0.0922 e. The number of para-hydroxylation sites is 4. The second kappa shape index (κ2) is 6.53. The second-order valence-electron chi connectivity index (χ2n) is 7.57. The van der Waals surface area contributed by atoms with Crippen molar-refractivity contribution in [2.45, 2.75) is 6.92 Å². The van der Waals surface area contributed by atoms with Crippen LogP contribution < -0.4 is 0 Å². The summed E-state index contributed by atoms with van der Waals surface area (Å²) in [4.78, 5) is 9.71. The first-order chi connectivity index (χ1) is 14.8. The van der Waals surface area contributed by atoms with Gasteiger partial charge in [0.05, 0.1) is 33.5 Å². The van der Waals surface area contributed by atoms with Crippen LogP contribution >= 0.6 is 0 Å². The van der Waals surface area contributed by atoms with E-state index in [4.69, 9.17) is 9.97 Å². The molecule has 3 nitrogen and oxygen atoms in total. The lowest BCUT2D eigenvalue weighted by molar-refractivity contribution is 1.18. The first-order valence-corrected chi connectivity index (χ1v) is 10.1. The predicted octanol–water partition coefficient (Wildman–Crippen LogP) is 6.70. The molecule has 0 amide bonds. The highest BCUT2D eigenvalue weighted by molar-refractivity contribution is 6.10. The van der Waals surface area contributed by atoms with Gasteiger partial charge < -0.3 is 4.57 Å². The van der Waals surface area contributed by atoms with Gasteiger partial charge in [-0.2, -0.15) is 0 Å². The summed E-state index contributed by atoms with van der Waals surface area (Å²) in [5.74, 6) is 0. The monoisotopic (exact) mass is 385 g/mol. The van der Waals surface area contributed by atoms with Crippen molar-refractivity contribution in [3.8, 4) is 16.9 Å². The van der Waals surface area contributed by atoms with E-state index in [2.05, 4.69) is 77.4 Å². The van der Waals surface area contributed by atoms with Gasteiger partial charge >= 0.3 is 0 Å². The van der Waals surface area contributed by atoms with Gasteiger partial charge in [0, 0.05) is 22.0 Å². The minimum Gasteiger partial charge on any atom is -0.309 e. The Morgan fingerprint density at radius 2 is 1.27 bits per heavy atom. The number of aromatic nitrogens is 3. The number of aryl methyl sites for hydroxylation is 1. The largest absolute Gasteiger partial charge is 0.309 e. The molecule has 4 aromatic carbocycles. The number of fused-ring (bicyclic) bond motifs is 4. The highest BCUT2D eigenvalue weighted by atomic mass is 15.0. The third-order valence-electron chi connectivity index (χ3n) is 5.71. The third-order valence-corrected chi connectivity index (χ3v) is 5.71. The quantitative estimate of drug-likeness (QED) is 0.332. The molecule has 0 aliphatic rings. The van der Waals surface area contributed by atoms with Crippen LogP contribution in [-0.4, -0.2) is 14.5 Å². The maximum absolute atomic E-state index is 4.93. The van der Waals surface area contributed by atoms with Crippen LogP contribution in [0.3, 0.4) is 0 Å². The molecular weight excluding hydrogens is 366 g/mol. The molecule has 0 unspecified atom stereocenters. The van der Waals surface area contributed by atoms with Gasteiger partial charge in [0.1, 0.15) is 0 Å². The fourth-order valence-electron chi connectivity index (χ4n) is 4.34. The van der Waals surface area contributed by atoms with Gasteiger partial charge in [-0.25, -0.2) is 9.97 Å². The summed E-state index contributed by atoms with van der Waals surface area (Å²) in [5.41, 5.74) is 8.39. The molecule has 3 heteroatoms. The molecule has 2 aromatic heterocycles. The fraction of sp³-hybridized carbons (Fsp3) is 0.0370. The van der Waals surface area contributed by atoms with Crippen LogP contribution in [0.2, 0.25) is 0 Å². The molecule has 0 fully saturated rings. The van der Waals surface area contributed by atoms with Crippen LogP contribution in [-0.2, 0) is 0 Å². The van der Waals surface area contributed by atoms with Gasteiger partial charge in [0.2, 0.25) is 0 Å². The van der Waals surface area contributed by atoms with Crippen molar-refractivity contribution in [2.24, 2.45) is 0 Å². The van der Waals surface area contributed by atoms with Gasteiger partial charge in [-0.1, -0.05) is 54.6 Å². The van der Waals surface area contributed by atoms with Gasteiger partial charge in [-0.15, -0.1) is 0 Å². The molecule has 6 rings (SSSR count). The number of benzene rings is 4. The maximum atomic E-state index is 4.93. The maximum Gasteiger partial charge on any atom is 0.0922 e. The first-order valence-electron chi connectivity index (χ1n) is 10.1. The van der Waals surface area contributed by atoms with E-state index in [1.807, 2.05) is 31.2 Å². The van der Waals surface area contributed by atoms with Crippen molar-refractivity contribution in [1.29, 1.82) is 0 Å². The molecule has 6 aromatic rings. The highest BCUT2D eigenvalue weighted by Gasteiger charge is 2.14. The van der Waals surface area contributed by atoms with Gasteiger partial charge in [0.25, 0.3) is 0 Å². The molecule has 0 aliphatic heterocycles. The van der Waals surface area contributed by atoms with E-state index < -0.39 is 0 Å². The summed E-state index contributed by atoms with van der Waals surface area (Å²) in [6.45, 7) is 2.03. The van der Waals surface area contributed by atoms with Crippen molar-refractivity contribution in [3.63, 3.8) is 0 Å². The van der Waals surface area contributed by atoms with Crippen LogP contribution in [0.25, 0.3) is 49.8 Å². The van der Waals surface area contributed by atoms with Gasteiger partial charge in [-0.05, 0) is 49.4 Å². The Hall–Kier alpha value is -3.98. The van der Waals surface area contributed by atoms with Crippen LogP contribution in [0.15, 0.2) is 97.1 Å².